The minimum atomic E-state index is -4.86. The molecule has 0 aromatic heterocycles. The summed E-state index contributed by atoms with van der Waals surface area (Å²) < 4.78 is 66.0. The summed E-state index contributed by atoms with van der Waals surface area (Å²) >= 11 is 17.9. The van der Waals surface area contributed by atoms with E-state index in [9.17, 15) is 31.2 Å². The highest BCUT2D eigenvalue weighted by Gasteiger charge is 2.36. The van der Waals surface area contributed by atoms with Gasteiger partial charge < -0.3 is 10.2 Å². The number of nitrogens with one attached hydrogen (secondary N) is 1. The van der Waals surface area contributed by atoms with Crippen molar-refractivity contribution in [2.75, 3.05) is 17.1 Å². The SMILES string of the molecule is C[C@@H](C(=O)NC(C)(C)C)N(Cc1ccc(Cl)cc1Cl)C(=O)CN(c1ccc(Cl)c(C(F)(F)F)c1)S(C)(=O)=O. The van der Waals surface area contributed by atoms with Crippen LogP contribution in [-0.2, 0) is 32.3 Å². The van der Waals surface area contributed by atoms with Crippen LogP contribution >= 0.6 is 34.8 Å². The lowest BCUT2D eigenvalue weighted by Crippen LogP contribution is -2.54. The minimum absolute atomic E-state index is 0.200. The first-order chi connectivity index (χ1) is 17.2. The van der Waals surface area contributed by atoms with Crippen LogP contribution in [0.2, 0.25) is 15.1 Å². The van der Waals surface area contributed by atoms with Gasteiger partial charge in [-0.3, -0.25) is 13.9 Å². The van der Waals surface area contributed by atoms with Crippen molar-refractivity contribution in [1.82, 2.24) is 10.2 Å². The molecule has 1 N–H and O–H groups in total. The molecule has 210 valence electrons. The summed E-state index contributed by atoms with van der Waals surface area (Å²) in [6.45, 7) is 5.56. The van der Waals surface area contributed by atoms with Crippen molar-refractivity contribution < 1.29 is 31.2 Å². The quantitative estimate of drug-likeness (QED) is 0.409. The second-order valence-corrected chi connectivity index (χ2v) is 12.8. The lowest BCUT2D eigenvalue weighted by Gasteiger charge is -2.33. The van der Waals surface area contributed by atoms with Crippen molar-refractivity contribution in [2.45, 2.75) is 52.0 Å². The normalized spacial score (nSPS) is 13.1. The van der Waals surface area contributed by atoms with Gasteiger partial charge in [-0.1, -0.05) is 40.9 Å². The Balaban J connectivity index is 2.53. The molecule has 38 heavy (non-hydrogen) atoms. The highest BCUT2D eigenvalue weighted by Crippen LogP contribution is 2.37. The zero-order valence-electron chi connectivity index (χ0n) is 21.2. The molecule has 2 aromatic carbocycles. The number of rotatable bonds is 8. The number of halogens is 6. The predicted octanol–water partition coefficient (Wildman–Crippen LogP) is 5.76. The van der Waals surface area contributed by atoms with Gasteiger partial charge in [0.15, 0.2) is 0 Å². The molecule has 0 radical (unpaired) electrons. The number of carbonyl (C=O) groups excluding carboxylic acids is 2. The van der Waals surface area contributed by atoms with E-state index in [0.29, 0.717) is 21.0 Å². The summed E-state index contributed by atoms with van der Waals surface area (Å²) in [5, 5.41) is 2.65. The van der Waals surface area contributed by atoms with E-state index in [4.69, 9.17) is 34.8 Å². The Hall–Kier alpha value is -2.21. The van der Waals surface area contributed by atoms with Crippen molar-refractivity contribution in [2.24, 2.45) is 0 Å². The van der Waals surface area contributed by atoms with E-state index in [-0.39, 0.29) is 11.6 Å². The van der Waals surface area contributed by atoms with Crippen LogP contribution in [0.4, 0.5) is 18.9 Å². The van der Waals surface area contributed by atoms with Gasteiger partial charge in [0.05, 0.1) is 22.5 Å². The zero-order chi connectivity index (χ0) is 29.2. The molecular formula is C24H27Cl3F3N3O4S. The summed E-state index contributed by atoms with van der Waals surface area (Å²) in [5.41, 5.74) is -1.92. The fourth-order valence-corrected chi connectivity index (χ4v) is 4.92. The number of sulfonamides is 1. The van der Waals surface area contributed by atoms with Gasteiger partial charge in [-0.15, -0.1) is 0 Å². The van der Waals surface area contributed by atoms with E-state index in [1.165, 1.54) is 19.1 Å². The van der Waals surface area contributed by atoms with Gasteiger partial charge in [-0.25, -0.2) is 8.42 Å². The molecule has 2 aromatic rings. The van der Waals surface area contributed by atoms with Gasteiger partial charge in [0, 0.05) is 22.1 Å². The third-order valence-corrected chi connectivity index (χ3v) is 7.30. The maximum atomic E-state index is 13.5. The van der Waals surface area contributed by atoms with Crippen LogP contribution in [0.5, 0.6) is 0 Å². The third kappa shape index (κ3) is 8.65. The maximum absolute atomic E-state index is 13.5. The number of hydrogen-bond acceptors (Lipinski definition) is 4. The predicted molar refractivity (Wildman–Crippen MR) is 143 cm³/mol. The largest absolute Gasteiger partial charge is 0.417 e. The second-order valence-electron chi connectivity index (χ2n) is 9.60. The Labute approximate surface area is 234 Å². The van der Waals surface area contributed by atoms with Crippen molar-refractivity contribution in [3.63, 3.8) is 0 Å². The highest BCUT2D eigenvalue weighted by atomic mass is 35.5. The first-order valence-corrected chi connectivity index (χ1v) is 14.1. The van der Waals surface area contributed by atoms with Crippen LogP contribution < -0.4 is 9.62 Å². The Morgan fingerprint density at radius 3 is 2.11 bits per heavy atom. The molecule has 0 spiro atoms. The maximum Gasteiger partial charge on any atom is 0.417 e. The fraction of sp³-hybridized carbons (Fsp3) is 0.417. The van der Waals surface area contributed by atoms with Gasteiger partial charge in [0.2, 0.25) is 21.8 Å². The van der Waals surface area contributed by atoms with Crippen LogP contribution in [0.1, 0.15) is 38.8 Å². The number of nitrogens with zero attached hydrogens (tertiary/aromatic N) is 2. The molecule has 2 rings (SSSR count). The Morgan fingerprint density at radius 1 is 1.00 bits per heavy atom. The van der Waals surface area contributed by atoms with Gasteiger partial charge >= 0.3 is 6.18 Å². The molecular weight excluding hydrogens is 590 g/mol. The molecule has 7 nitrogen and oxygen atoms in total. The summed E-state index contributed by atoms with van der Waals surface area (Å²) in [5.74, 6) is -1.39. The number of benzene rings is 2. The van der Waals surface area contributed by atoms with Gasteiger partial charge in [0.1, 0.15) is 12.6 Å². The van der Waals surface area contributed by atoms with Crippen LogP contribution in [0.15, 0.2) is 36.4 Å². The number of carbonyl (C=O) groups is 2. The van der Waals surface area contributed by atoms with E-state index in [2.05, 4.69) is 5.32 Å². The molecule has 0 fully saturated rings. The topological polar surface area (TPSA) is 86.8 Å². The van der Waals surface area contributed by atoms with E-state index >= 15 is 0 Å². The van der Waals surface area contributed by atoms with Crippen molar-refractivity contribution in [3.8, 4) is 0 Å². The first-order valence-electron chi connectivity index (χ1n) is 11.1. The van der Waals surface area contributed by atoms with E-state index in [0.717, 1.165) is 23.3 Å². The number of amides is 2. The van der Waals surface area contributed by atoms with Crippen molar-refractivity contribution in [1.29, 1.82) is 0 Å². The lowest BCUT2D eigenvalue weighted by molar-refractivity contribution is -0.140. The van der Waals surface area contributed by atoms with Gasteiger partial charge in [0.25, 0.3) is 0 Å². The third-order valence-electron chi connectivity index (χ3n) is 5.24. The number of alkyl halides is 3. The average Bonchev–Trinajstić information content (AvgIpc) is 2.74. The van der Waals surface area contributed by atoms with Crippen LogP contribution in [0.3, 0.4) is 0 Å². The van der Waals surface area contributed by atoms with E-state index in [1.54, 1.807) is 26.8 Å². The molecule has 0 heterocycles. The summed E-state index contributed by atoms with van der Waals surface area (Å²) in [6, 6.07) is 5.91. The number of hydrogen-bond donors (Lipinski definition) is 1. The molecule has 0 aliphatic carbocycles. The molecule has 2 amide bonds. The molecule has 0 aliphatic heterocycles. The number of anilines is 1. The first kappa shape index (κ1) is 32.0. The molecule has 0 unspecified atom stereocenters. The molecule has 14 heteroatoms. The zero-order valence-corrected chi connectivity index (χ0v) is 24.2. The van der Waals surface area contributed by atoms with Gasteiger partial charge in [-0.05, 0) is 63.6 Å². The fourth-order valence-electron chi connectivity index (χ4n) is 3.39. The molecule has 0 bridgehead atoms. The van der Waals surface area contributed by atoms with Crippen LogP contribution in [-0.4, -0.2) is 49.5 Å². The Morgan fingerprint density at radius 2 is 1.61 bits per heavy atom. The summed E-state index contributed by atoms with van der Waals surface area (Å²) in [6.07, 6.45) is -4.12. The molecule has 1 atom stereocenters. The van der Waals surface area contributed by atoms with Crippen LogP contribution in [0, 0.1) is 0 Å². The second kappa shape index (κ2) is 11.9. The van der Waals surface area contributed by atoms with Crippen molar-refractivity contribution in [3.05, 3.63) is 62.6 Å². The smallest absolute Gasteiger partial charge is 0.350 e. The average molecular weight is 617 g/mol. The molecule has 0 aliphatic rings. The monoisotopic (exact) mass is 615 g/mol. The van der Waals surface area contributed by atoms with E-state index in [1.807, 2.05) is 0 Å². The highest BCUT2D eigenvalue weighted by molar-refractivity contribution is 7.92. The Kier molecular flexibility index (Phi) is 10.0. The van der Waals surface area contributed by atoms with Crippen LogP contribution in [0.25, 0.3) is 0 Å². The minimum Gasteiger partial charge on any atom is -0.350 e. The van der Waals surface area contributed by atoms with E-state index < -0.39 is 62.4 Å². The molecule has 0 saturated carbocycles. The summed E-state index contributed by atoms with van der Waals surface area (Å²) in [7, 11) is -4.25. The Bertz CT molecular complexity index is 1320. The summed E-state index contributed by atoms with van der Waals surface area (Å²) in [4.78, 5) is 27.6. The van der Waals surface area contributed by atoms with Gasteiger partial charge in [-0.2, -0.15) is 13.2 Å². The lowest BCUT2D eigenvalue weighted by atomic mass is 10.1. The standard InChI is InChI=1S/C24H27Cl3F3N3O4S/c1-14(22(35)31-23(2,3)4)32(12-15-6-7-16(25)10-20(15)27)21(34)13-33(38(5,36)37)17-8-9-19(26)18(11-17)24(28,29)30/h6-11,14H,12-13H2,1-5H3,(H,31,35)/t14-/m0/s1. The van der Waals surface area contributed by atoms with Crippen molar-refractivity contribution >= 4 is 62.3 Å². The molecule has 0 saturated heterocycles.